The molecular formula is C28H18ClFN2O3S. The van der Waals surface area contributed by atoms with Crippen LogP contribution in [0.3, 0.4) is 0 Å². The summed E-state index contributed by atoms with van der Waals surface area (Å²) in [5.41, 5.74) is 3.63. The van der Waals surface area contributed by atoms with Gasteiger partial charge < -0.3 is 10.1 Å². The molecule has 5 rings (SSSR count). The lowest BCUT2D eigenvalue weighted by Crippen LogP contribution is -2.15. The number of esters is 1. The van der Waals surface area contributed by atoms with Crippen molar-refractivity contribution in [2.75, 3.05) is 12.4 Å². The number of carbonyl (C=O) groups is 2. The van der Waals surface area contributed by atoms with Crippen LogP contribution in [0.1, 0.15) is 20.7 Å². The summed E-state index contributed by atoms with van der Waals surface area (Å²) in [6.07, 6.45) is 0. The molecule has 1 amide bonds. The first-order chi connectivity index (χ1) is 17.5. The normalized spacial score (nSPS) is 10.9. The van der Waals surface area contributed by atoms with Crippen molar-refractivity contribution in [1.82, 2.24) is 4.98 Å². The summed E-state index contributed by atoms with van der Waals surface area (Å²) in [6.45, 7) is 0. The van der Waals surface area contributed by atoms with Crippen LogP contribution in [0, 0.1) is 5.82 Å². The van der Waals surface area contributed by atoms with Crippen molar-refractivity contribution in [3.8, 4) is 22.4 Å². The lowest BCUT2D eigenvalue weighted by atomic mass is 10.0. The Kier molecular flexibility index (Phi) is 6.50. The van der Waals surface area contributed by atoms with Gasteiger partial charge in [0.15, 0.2) is 0 Å². The minimum Gasteiger partial charge on any atom is -0.465 e. The Morgan fingerprint density at radius 3 is 2.44 bits per heavy atom. The van der Waals surface area contributed by atoms with Crippen LogP contribution in [0.15, 0.2) is 84.2 Å². The summed E-state index contributed by atoms with van der Waals surface area (Å²) in [5.74, 6) is -1.41. The SMILES string of the molecule is COC(=O)c1c(-c2ccc(F)cc2)csc1NC(=O)c1cc(-c2ccccc2Cl)nc2ccccc12. The molecule has 2 aromatic heterocycles. The second-order valence-electron chi connectivity index (χ2n) is 7.86. The first-order valence-electron chi connectivity index (χ1n) is 10.9. The predicted octanol–water partition coefficient (Wildman–Crippen LogP) is 7.46. The third kappa shape index (κ3) is 4.46. The van der Waals surface area contributed by atoms with Crippen LogP contribution in [-0.2, 0) is 4.74 Å². The van der Waals surface area contributed by atoms with Crippen molar-refractivity contribution >= 4 is 50.7 Å². The molecule has 0 fully saturated rings. The van der Waals surface area contributed by atoms with Crippen LogP contribution < -0.4 is 5.32 Å². The van der Waals surface area contributed by atoms with E-state index in [9.17, 15) is 14.0 Å². The molecule has 0 radical (unpaired) electrons. The van der Waals surface area contributed by atoms with Crippen LogP contribution in [0.4, 0.5) is 9.39 Å². The highest BCUT2D eigenvalue weighted by atomic mass is 35.5. The van der Waals surface area contributed by atoms with E-state index in [4.69, 9.17) is 21.3 Å². The molecule has 8 heteroatoms. The highest BCUT2D eigenvalue weighted by Gasteiger charge is 2.24. The number of carbonyl (C=O) groups excluding carboxylic acids is 2. The van der Waals surface area contributed by atoms with E-state index in [0.29, 0.717) is 48.9 Å². The maximum absolute atomic E-state index is 13.6. The smallest absolute Gasteiger partial charge is 0.341 e. The van der Waals surface area contributed by atoms with E-state index >= 15 is 0 Å². The van der Waals surface area contributed by atoms with Gasteiger partial charge in [-0.1, -0.05) is 60.1 Å². The molecule has 0 aliphatic carbocycles. The summed E-state index contributed by atoms with van der Waals surface area (Å²) < 4.78 is 18.4. The summed E-state index contributed by atoms with van der Waals surface area (Å²) in [5, 5.41) is 6.10. The zero-order chi connectivity index (χ0) is 25.2. The van der Waals surface area contributed by atoms with Crippen molar-refractivity contribution in [3.63, 3.8) is 0 Å². The molecular weight excluding hydrogens is 499 g/mol. The van der Waals surface area contributed by atoms with Gasteiger partial charge in [0.25, 0.3) is 5.91 Å². The van der Waals surface area contributed by atoms with Gasteiger partial charge in [-0.3, -0.25) is 4.79 Å². The molecule has 1 N–H and O–H groups in total. The average Bonchev–Trinajstić information content (AvgIpc) is 3.31. The number of amides is 1. The second-order valence-corrected chi connectivity index (χ2v) is 9.15. The number of benzene rings is 3. The van der Waals surface area contributed by atoms with Crippen LogP contribution in [0.5, 0.6) is 0 Å². The quantitative estimate of drug-likeness (QED) is 0.246. The topological polar surface area (TPSA) is 68.3 Å². The van der Waals surface area contributed by atoms with E-state index in [2.05, 4.69) is 5.32 Å². The van der Waals surface area contributed by atoms with E-state index in [0.717, 1.165) is 0 Å². The van der Waals surface area contributed by atoms with Gasteiger partial charge in [-0.2, -0.15) is 0 Å². The Bertz CT molecular complexity index is 1620. The molecule has 0 saturated heterocycles. The number of hydrogen-bond acceptors (Lipinski definition) is 5. The zero-order valence-corrected chi connectivity index (χ0v) is 20.5. The molecule has 2 heterocycles. The number of fused-ring (bicyclic) bond motifs is 1. The standard InChI is InChI=1S/C28H18ClFN2O3S/c1-35-28(34)25-21(16-10-12-17(30)13-11-16)15-36-27(25)32-26(33)20-14-24(19-7-2-4-8-22(19)29)31-23-9-5-3-6-18(20)23/h2-15H,1H3,(H,32,33). The number of ether oxygens (including phenoxy) is 1. The maximum Gasteiger partial charge on any atom is 0.341 e. The van der Waals surface area contributed by atoms with Crippen LogP contribution >= 0.6 is 22.9 Å². The maximum atomic E-state index is 13.6. The lowest BCUT2D eigenvalue weighted by Gasteiger charge is -2.12. The molecule has 5 aromatic rings. The van der Waals surface area contributed by atoms with E-state index < -0.39 is 11.9 Å². The average molecular weight is 517 g/mol. The third-order valence-corrected chi connectivity index (χ3v) is 6.90. The summed E-state index contributed by atoms with van der Waals surface area (Å²) in [7, 11) is 1.27. The van der Waals surface area contributed by atoms with Crippen molar-refractivity contribution in [2.24, 2.45) is 0 Å². The molecule has 0 spiro atoms. The number of hydrogen-bond donors (Lipinski definition) is 1. The number of halogens is 2. The fourth-order valence-electron chi connectivity index (χ4n) is 3.94. The van der Waals surface area contributed by atoms with Crippen LogP contribution in [0.2, 0.25) is 5.02 Å². The highest BCUT2D eigenvalue weighted by molar-refractivity contribution is 7.15. The molecule has 0 aliphatic heterocycles. The molecule has 36 heavy (non-hydrogen) atoms. The van der Waals surface area contributed by atoms with Gasteiger partial charge in [0.1, 0.15) is 16.4 Å². The van der Waals surface area contributed by atoms with Gasteiger partial charge in [-0.05, 0) is 35.9 Å². The number of para-hydroxylation sites is 1. The predicted molar refractivity (Wildman–Crippen MR) is 141 cm³/mol. The molecule has 0 saturated carbocycles. The van der Waals surface area contributed by atoms with Gasteiger partial charge in [-0.25, -0.2) is 14.2 Å². The number of aromatic nitrogens is 1. The highest BCUT2D eigenvalue weighted by Crippen LogP contribution is 2.37. The van der Waals surface area contributed by atoms with E-state index in [1.807, 2.05) is 42.5 Å². The Morgan fingerprint density at radius 2 is 1.69 bits per heavy atom. The van der Waals surface area contributed by atoms with Gasteiger partial charge in [0, 0.05) is 26.9 Å². The molecule has 178 valence electrons. The zero-order valence-electron chi connectivity index (χ0n) is 18.9. The number of anilines is 1. The first-order valence-corrected chi connectivity index (χ1v) is 12.1. The van der Waals surface area contributed by atoms with Gasteiger partial charge in [0.05, 0.1) is 23.9 Å². The number of thiophene rings is 1. The number of pyridine rings is 1. The fourth-order valence-corrected chi connectivity index (χ4v) is 5.12. The van der Waals surface area contributed by atoms with Crippen LogP contribution in [-0.4, -0.2) is 24.0 Å². The third-order valence-electron chi connectivity index (χ3n) is 5.67. The summed E-state index contributed by atoms with van der Waals surface area (Å²) in [6, 6.07) is 22.0. The number of rotatable bonds is 5. The lowest BCUT2D eigenvalue weighted by molar-refractivity contribution is 0.0603. The summed E-state index contributed by atoms with van der Waals surface area (Å²) >= 11 is 7.59. The van der Waals surface area contributed by atoms with E-state index in [-0.39, 0.29) is 11.4 Å². The Morgan fingerprint density at radius 1 is 0.972 bits per heavy atom. The largest absolute Gasteiger partial charge is 0.465 e. The monoisotopic (exact) mass is 516 g/mol. The Balaban J connectivity index is 1.59. The van der Waals surface area contributed by atoms with Crippen molar-refractivity contribution in [1.29, 1.82) is 0 Å². The van der Waals surface area contributed by atoms with Crippen LogP contribution in [0.25, 0.3) is 33.3 Å². The van der Waals surface area contributed by atoms with Gasteiger partial charge >= 0.3 is 5.97 Å². The minimum atomic E-state index is -0.609. The molecule has 0 bridgehead atoms. The molecule has 0 atom stereocenters. The molecule has 5 nitrogen and oxygen atoms in total. The fraction of sp³-hybridized carbons (Fsp3) is 0.0357. The van der Waals surface area contributed by atoms with Gasteiger partial charge in [-0.15, -0.1) is 11.3 Å². The first kappa shape index (κ1) is 23.7. The Hall–Kier alpha value is -4.07. The molecule has 0 unspecified atom stereocenters. The van der Waals surface area contributed by atoms with Gasteiger partial charge in [0.2, 0.25) is 0 Å². The molecule has 3 aromatic carbocycles. The second kappa shape index (κ2) is 9.89. The van der Waals surface area contributed by atoms with Crippen molar-refractivity contribution in [2.45, 2.75) is 0 Å². The number of methoxy groups -OCH3 is 1. The molecule has 0 aliphatic rings. The number of nitrogens with zero attached hydrogens (tertiary/aromatic N) is 1. The Labute approximate surface area is 215 Å². The summed E-state index contributed by atoms with van der Waals surface area (Å²) in [4.78, 5) is 31.0. The van der Waals surface area contributed by atoms with Crippen molar-refractivity contribution in [3.05, 3.63) is 106 Å². The van der Waals surface area contributed by atoms with E-state index in [1.165, 1.54) is 30.6 Å². The minimum absolute atomic E-state index is 0.201. The number of nitrogens with one attached hydrogen (secondary N) is 1. The van der Waals surface area contributed by atoms with Crippen molar-refractivity contribution < 1.29 is 18.7 Å². The van der Waals surface area contributed by atoms with E-state index in [1.54, 1.807) is 29.6 Å².